The van der Waals surface area contributed by atoms with E-state index >= 15 is 0 Å². The Bertz CT molecular complexity index is 1270. The Kier molecular flexibility index (Phi) is 7.43. The maximum Gasteiger partial charge on any atom is 0.255 e. The summed E-state index contributed by atoms with van der Waals surface area (Å²) in [5.41, 5.74) is 2.95. The van der Waals surface area contributed by atoms with E-state index in [1.165, 1.54) is 0 Å². The fraction of sp³-hybridized carbons (Fsp3) is 0.323. The summed E-state index contributed by atoms with van der Waals surface area (Å²) in [5, 5.41) is 0.573. The van der Waals surface area contributed by atoms with E-state index in [4.69, 9.17) is 11.6 Å². The van der Waals surface area contributed by atoms with Crippen LogP contribution < -0.4 is 4.90 Å². The molecule has 1 aliphatic carbocycles. The zero-order valence-electron chi connectivity index (χ0n) is 21.0. The first-order chi connectivity index (χ1) is 17.9. The number of hydrogen-bond donors (Lipinski definition) is 0. The lowest BCUT2D eigenvalue weighted by molar-refractivity contribution is -0.150. The van der Waals surface area contributed by atoms with E-state index in [1.807, 2.05) is 61.5 Å². The van der Waals surface area contributed by atoms with E-state index in [9.17, 15) is 14.4 Å². The number of rotatable bonds is 6. The molecule has 0 N–H and O–H groups in total. The monoisotopic (exact) mass is 514 g/mol. The lowest BCUT2D eigenvalue weighted by Crippen LogP contribution is -2.64. The summed E-state index contributed by atoms with van der Waals surface area (Å²) in [6.07, 6.45) is 4.81. The van der Waals surface area contributed by atoms with Gasteiger partial charge in [-0.25, -0.2) is 0 Å². The minimum Gasteiger partial charge on any atom is -0.322 e. The van der Waals surface area contributed by atoms with Crippen LogP contribution in [-0.2, 0) is 9.59 Å². The molecule has 3 aromatic rings. The van der Waals surface area contributed by atoms with Gasteiger partial charge in [-0.05, 0) is 49.6 Å². The molecule has 2 atom stereocenters. The fourth-order valence-corrected chi connectivity index (χ4v) is 5.75. The SMILES string of the molecule is Cc1ccc(C(=O)CC2C(=O)N(C3CCCCC3)C(c3ccc(Cl)cc3)C(=O)N2c2ccccc2)cc1. The van der Waals surface area contributed by atoms with Crippen LogP contribution in [0.5, 0.6) is 0 Å². The van der Waals surface area contributed by atoms with Crippen LogP contribution in [0, 0.1) is 6.92 Å². The normalized spacial score (nSPS) is 20.8. The second-order valence-electron chi connectivity index (χ2n) is 10.0. The van der Waals surface area contributed by atoms with Crippen molar-refractivity contribution in [3.8, 4) is 0 Å². The molecular formula is C31H31ClN2O3. The van der Waals surface area contributed by atoms with Crippen LogP contribution in [-0.4, -0.2) is 34.6 Å². The first-order valence-electron chi connectivity index (χ1n) is 13.0. The quantitative estimate of drug-likeness (QED) is 0.351. The van der Waals surface area contributed by atoms with Crippen LogP contribution in [0.25, 0.3) is 0 Å². The molecule has 2 amide bonds. The van der Waals surface area contributed by atoms with Gasteiger partial charge in [-0.3, -0.25) is 19.3 Å². The predicted octanol–water partition coefficient (Wildman–Crippen LogP) is 6.54. The van der Waals surface area contributed by atoms with E-state index in [0.717, 1.165) is 43.2 Å². The highest BCUT2D eigenvalue weighted by molar-refractivity contribution is 6.30. The lowest BCUT2D eigenvalue weighted by Gasteiger charge is -2.49. The fourth-order valence-electron chi connectivity index (χ4n) is 5.62. The molecule has 1 saturated carbocycles. The molecule has 6 heteroatoms. The number of hydrogen-bond acceptors (Lipinski definition) is 3. The van der Waals surface area contributed by atoms with Gasteiger partial charge >= 0.3 is 0 Å². The Balaban J connectivity index is 1.59. The summed E-state index contributed by atoms with van der Waals surface area (Å²) in [5.74, 6) is -0.517. The highest BCUT2D eigenvalue weighted by atomic mass is 35.5. The number of nitrogens with zero attached hydrogens (tertiary/aromatic N) is 2. The summed E-state index contributed by atoms with van der Waals surface area (Å²) in [6, 6.07) is 22.0. The molecule has 1 aliphatic heterocycles. The van der Waals surface area contributed by atoms with Crippen LogP contribution in [0.4, 0.5) is 5.69 Å². The molecule has 0 spiro atoms. The molecule has 0 aromatic heterocycles. The third kappa shape index (κ3) is 5.19. The van der Waals surface area contributed by atoms with Gasteiger partial charge in [-0.15, -0.1) is 0 Å². The Morgan fingerprint density at radius 3 is 2.14 bits per heavy atom. The minimum absolute atomic E-state index is 0.0409. The first kappa shape index (κ1) is 25.2. The number of anilines is 1. The second kappa shape index (κ2) is 10.9. The van der Waals surface area contributed by atoms with Gasteiger partial charge in [0.1, 0.15) is 12.1 Å². The molecular weight excluding hydrogens is 484 g/mol. The van der Waals surface area contributed by atoms with Gasteiger partial charge in [0.25, 0.3) is 5.91 Å². The average molecular weight is 515 g/mol. The van der Waals surface area contributed by atoms with Gasteiger partial charge in [0.05, 0.1) is 0 Å². The summed E-state index contributed by atoms with van der Waals surface area (Å²) < 4.78 is 0. The minimum atomic E-state index is -0.908. The first-order valence-corrected chi connectivity index (χ1v) is 13.4. The van der Waals surface area contributed by atoms with Crippen molar-refractivity contribution in [2.45, 2.75) is 63.6 Å². The third-order valence-corrected chi connectivity index (χ3v) is 7.79. The summed E-state index contributed by atoms with van der Waals surface area (Å²) in [7, 11) is 0. The highest BCUT2D eigenvalue weighted by Crippen LogP contribution is 2.39. The number of para-hydroxylation sites is 1. The number of benzene rings is 3. The van der Waals surface area contributed by atoms with Gasteiger partial charge in [-0.2, -0.15) is 0 Å². The number of Topliss-reactive ketones (excluding diaryl/α,β-unsaturated/α-hetero) is 1. The number of ketones is 1. The maximum absolute atomic E-state index is 14.4. The summed E-state index contributed by atoms with van der Waals surface area (Å²) in [6.45, 7) is 1.97. The molecule has 2 unspecified atom stereocenters. The smallest absolute Gasteiger partial charge is 0.255 e. The van der Waals surface area contributed by atoms with Crippen molar-refractivity contribution in [1.29, 1.82) is 0 Å². The van der Waals surface area contributed by atoms with Crippen molar-refractivity contribution in [3.63, 3.8) is 0 Å². The van der Waals surface area contributed by atoms with Crippen molar-refractivity contribution in [1.82, 2.24) is 4.90 Å². The van der Waals surface area contributed by atoms with Crippen LogP contribution in [0.15, 0.2) is 78.9 Å². The summed E-state index contributed by atoms with van der Waals surface area (Å²) in [4.78, 5) is 45.5. The van der Waals surface area contributed by atoms with Crippen LogP contribution in [0.3, 0.4) is 0 Å². The number of halogens is 1. The standard InChI is InChI=1S/C31H31ClN2O3/c1-21-12-14-22(15-13-21)28(35)20-27-30(36)34(26-10-6-3-7-11-26)29(23-16-18-24(32)19-17-23)31(37)33(27)25-8-4-2-5-9-25/h2,4-5,8-9,12-19,26-27,29H,3,6-7,10-11,20H2,1H3. The van der Waals surface area contributed by atoms with E-state index in [2.05, 4.69) is 0 Å². The maximum atomic E-state index is 14.4. The third-order valence-electron chi connectivity index (χ3n) is 7.54. The van der Waals surface area contributed by atoms with Crippen molar-refractivity contribution in [2.75, 3.05) is 4.90 Å². The Morgan fingerprint density at radius 2 is 1.49 bits per heavy atom. The number of piperazine rings is 1. The predicted molar refractivity (Wildman–Crippen MR) is 146 cm³/mol. The lowest BCUT2D eigenvalue weighted by atomic mass is 9.87. The van der Waals surface area contributed by atoms with Gasteiger partial charge in [0.2, 0.25) is 5.91 Å². The van der Waals surface area contributed by atoms with Crippen molar-refractivity contribution in [2.24, 2.45) is 0 Å². The van der Waals surface area contributed by atoms with Gasteiger partial charge in [0.15, 0.2) is 5.78 Å². The average Bonchev–Trinajstić information content (AvgIpc) is 2.92. The number of amides is 2. The topological polar surface area (TPSA) is 57.7 Å². The van der Waals surface area contributed by atoms with Gasteiger partial charge in [-0.1, -0.05) is 91.0 Å². The Labute approximate surface area is 223 Å². The van der Waals surface area contributed by atoms with Gasteiger partial charge in [0, 0.05) is 28.7 Å². The van der Waals surface area contributed by atoms with E-state index in [-0.39, 0.29) is 30.1 Å². The Morgan fingerprint density at radius 1 is 0.838 bits per heavy atom. The van der Waals surface area contributed by atoms with Crippen LogP contribution in [0.2, 0.25) is 5.02 Å². The van der Waals surface area contributed by atoms with E-state index in [0.29, 0.717) is 16.3 Å². The van der Waals surface area contributed by atoms with E-state index in [1.54, 1.807) is 34.1 Å². The highest BCUT2D eigenvalue weighted by Gasteiger charge is 2.50. The van der Waals surface area contributed by atoms with Crippen LogP contribution in [0.1, 0.15) is 66.1 Å². The molecule has 0 bridgehead atoms. The summed E-state index contributed by atoms with van der Waals surface area (Å²) >= 11 is 6.16. The molecule has 1 heterocycles. The van der Waals surface area contributed by atoms with Crippen molar-refractivity contribution >= 4 is 34.9 Å². The van der Waals surface area contributed by atoms with Crippen molar-refractivity contribution < 1.29 is 14.4 Å². The van der Waals surface area contributed by atoms with Gasteiger partial charge < -0.3 is 4.90 Å². The number of carbonyl (C=O) groups excluding carboxylic acids is 3. The number of aryl methyl sites for hydroxylation is 1. The van der Waals surface area contributed by atoms with Crippen LogP contribution >= 0.6 is 11.6 Å². The molecule has 190 valence electrons. The molecule has 3 aromatic carbocycles. The molecule has 5 rings (SSSR count). The molecule has 37 heavy (non-hydrogen) atoms. The molecule has 2 aliphatic rings. The molecule has 0 radical (unpaired) electrons. The second-order valence-corrected chi connectivity index (χ2v) is 10.5. The molecule has 5 nitrogen and oxygen atoms in total. The Hall–Kier alpha value is -3.44. The zero-order chi connectivity index (χ0) is 25.9. The van der Waals surface area contributed by atoms with E-state index < -0.39 is 12.1 Å². The number of carbonyl (C=O) groups is 3. The molecule has 2 fully saturated rings. The van der Waals surface area contributed by atoms with Crippen molar-refractivity contribution in [3.05, 3.63) is 101 Å². The zero-order valence-corrected chi connectivity index (χ0v) is 21.7. The molecule has 1 saturated heterocycles. The largest absolute Gasteiger partial charge is 0.322 e.